The topological polar surface area (TPSA) is 86.6 Å². The Labute approximate surface area is 147 Å². The van der Waals surface area contributed by atoms with Crippen molar-refractivity contribution in [2.75, 3.05) is 4.72 Å². The fraction of sp³-hybridized carbons (Fsp3) is 0. The minimum Gasteiger partial charge on any atom is -0.507 e. The maximum absolute atomic E-state index is 12.8. The molecule has 5 nitrogen and oxygen atoms in total. The molecule has 0 fully saturated rings. The van der Waals surface area contributed by atoms with E-state index in [0.717, 1.165) is 12.1 Å². The summed E-state index contributed by atoms with van der Waals surface area (Å²) in [6.45, 7) is 0. The van der Waals surface area contributed by atoms with E-state index in [2.05, 4.69) is 15.9 Å². The second kappa shape index (κ2) is 5.14. The van der Waals surface area contributed by atoms with E-state index in [1.807, 2.05) is 0 Å². The van der Waals surface area contributed by atoms with Crippen LogP contribution < -0.4 is 4.72 Å². The van der Waals surface area contributed by atoms with Crippen LogP contribution in [0.5, 0.6) is 11.5 Å². The Kier molecular flexibility index (Phi) is 4.03. The molecule has 2 aromatic carbocycles. The smallest absolute Gasteiger partial charge is 0.310 e. The van der Waals surface area contributed by atoms with Gasteiger partial charge in [-0.2, -0.15) is 0 Å². The summed E-state index contributed by atoms with van der Waals surface area (Å²) in [6.07, 6.45) is 0. The van der Waals surface area contributed by atoms with Gasteiger partial charge in [-0.25, -0.2) is 8.42 Å². The molecule has 0 unspecified atom stereocenters. The van der Waals surface area contributed by atoms with Crippen LogP contribution in [0.2, 0.25) is 0 Å². The van der Waals surface area contributed by atoms with Crippen LogP contribution in [0.25, 0.3) is 0 Å². The second-order valence-corrected chi connectivity index (χ2v) is 9.84. The highest BCUT2D eigenvalue weighted by Gasteiger charge is 2.65. The number of nitrogens with one attached hydrogen (secondary N) is 1. The van der Waals surface area contributed by atoms with E-state index >= 15 is 0 Å². The lowest BCUT2D eigenvalue weighted by Crippen LogP contribution is -2.14. The monoisotopic (exact) mass is 469 g/mol. The van der Waals surface area contributed by atoms with E-state index in [4.69, 9.17) is 0 Å². The lowest BCUT2D eigenvalue weighted by atomic mass is 10.3. The molecule has 2 aromatic rings. The number of hydrogen-bond donors (Lipinski definition) is 3. The predicted octanol–water partition coefficient (Wildman–Crippen LogP) is 5.32. The molecule has 2 rings (SSSR count). The molecule has 0 aliphatic rings. The highest BCUT2D eigenvalue weighted by Crippen LogP contribution is 3.02. The van der Waals surface area contributed by atoms with Gasteiger partial charge in [0.15, 0.2) is 0 Å². The second-order valence-electron chi connectivity index (χ2n) is 4.87. The van der Waals surface area contributed by atoms with Gasteiger partial charge in [0.1, 0.15) is 21.3 Å². The molecule has 0 aliphatic heterocycles. The normalized spacial score (nSPS) is 15.3. The first-order valence-electron chi connectivity index (χ1n) is 6.08. The van der Waals surface area contributed by atoms with Gasteiger partial charge in [-0.1, -0.05) is 35.4 Å². The molecule has 25 heavy (non-hydrogen) atoms. The number of anilines is 1. The fourth-order valence-corrected chi connectivity index (χ4v) is 4.11. The summed E-state index contributed by atoms with van der Waals surface area (Å²) in [5.41, 5.74) is -1.12. The Hall–Kier alpha value is -1.73. The summed E-state index contributed by atoms with van der Waals surface area (Å²) < 4.78 is 90.3. The summed E-state index contributed by atoms with van der Waals surface area (Å²) >= 11 is 2.94. The first-order valence-corrected chi connectivity index (χ1v) is 10.3. The van der Waals surface area contributed by atoms with Crippen molar-refractivity contribution in [2.45, 2.75) is 9.79 Å². The molecule has 0 atom stereocenters. The Morgan fingerprint density at radius 2 is 1.48 bits per heavy atom. The maximum Gasteiger partial charge on any atom is 0.310 e. The predicted molar refractivity (Wildman–Crippen MR) is 86.1 cm³/mol. The van der Waals surface area contributed by atoms with Gasteiger partial charge in [0.25, 0.3) is 10.0 Å². The summed E-state index contributed by atoms with van der Waals surface area (Å²) in [7, 11) is -14.8. The van der Waals surface area contributed by atoms with Crippen LogP contribution in [0.15, 0.2) is 50.7 Å². The van der Waals surface area contributed by atoms with E-state index in [0.29, 0.717) is 0 Å². The number of halogens is 6. The molecule has 0 radical (unpaired) electrons. The lowest BCUT2D eigenvalue weighted by Gasteiger charge is -2.40. The minimum atomic E-state index is -10.1. The zero-order chi connectivity index (χ0) is 19.3. The van der Waals surface area contributed by atoms with Crippen molar-refractivity contribution in [3.63, 3.8) is 0 Å². The molecule has 0 spiro atoms. The van der Waals surface area contributed by atoms with Crippen LogP contribution in [0.4, 0.5) is 25.1 Å². The molecular weight excluding hydrogens is 461 g/mol. The molecule has 140 valence electrons. The van der Waals surface area contributed by atoms with E-state index in [9.17, 15) is 38.1 Å². The van der Waals surface area contributed by atoms with Gasteiger partial charge < -0.3 is 10.2 Å². The lowest BCUT2D eigenvalue weighted by molar-refractivity contribution is 0.364. The third-order valence-corrected chi connectivity index (χ3v) is 5.90. The van der Waals surface area contributed by atoms with Crippen molar-refractivity contribution in [3.05, 3.63) is 40.9 Å². The van der Waals surface area contributed by atoms with Gasteiger partial charge in [-0.15, -0.1) is 0 Å². The van der Waals surface area contributed by atoms with Crippen LogP contribution >= 0.6 is 26.2 Å². The van der Waals surface area contributed by atoms with Gasteiger partial charge in [0, 0.05) is 4.47 Å². The average Bonchev–Trinajstić information content (AvgIpc) is 2.40. The Bertz CT molecular complexity index is 964. The highest BCUT2D eigenvalue weighted by atomic mass is 79.9. The molecule has 0 aliphatic carbocycles. The van der Waals surface area contributed by atoms with Gasteiger partial charge in [0.05, 0.1) is 5.69 Å². The van der Waals surface area contributed by atoms with Gasteiger partial charge in [0.2, 0.25) is 0 Å². The van der Waals surface area contributed by atoms with Gasteiger partial charge >= 0.3 is 10.2 Å². The van der Waals surface area contributed by atoms with Crippen molar-refractivity contribution in [2.24, 2.45) is 0 Å². The van der Waals surface area contributed by atoms with Crippen molar-refractivity contribution in [1.29, 1.82) is 0 Å². The maximum atomic E-state index is 12.8. The third kappa shape index (κ3) is 4.46. The molecule has 0 aromatic heterocycles. The molecule has 3 N–H and O–H groups in total. The SMILES string of the molecule is O=S(=O)(Nc1cc(S(F)(F)(F)(F)F)ccc1O)c1cc(Br)ccc1O. The fourth-order valence-electron chi connectivity index (χ4n) is 1.74. The summed E-state index contributed by atoms with van der Waals surface area (Å²) in [5, 5.41) is 19.1. The molecule has 13 heteroatoms. The standard InChI is InChI=1S/C12H9BrF5NO4S2/c13-7-1-3-11(21)12(5-7)24(22,23)19-9-6-8(2-4-10(9)20)25(14,15,16,17)18/h1-6,19-21H. The van der Waals surface area contributed by atoms with Crippen LogP contribution in [0, 0.1) is 0 Å². The van der Waals surface area contributed by atoms with Crippen LogP contribution in [0.3, 0.4) is 0 Å². The number of rotatable bonds is 4. The molecule has 0 saturated heterocycles. The van der Waals surface area contributed by atoms with Crippen LogP contribution in [-0.4, -0.2) is 18.6 Å². The Morgan fingerprint density at radius 1 is 0.920 bits per heavy atom. The van der Waals surface area contributed by atoms with Crippen molar-refractivity contribution >= 4 is 41.9 Å². The first kappa shape index (κ1) is 19.6. The van der Waals surface area contributed by atoms with E-state index in [1.54, 1.807) is 4.72 Å². The minimum absolute atomic E-state index is 0.0642. The van der Waals surface area contributed by atoms with Gasteiger partial charge in [-0.3, -0.25) is 4.72 Å². The first-order chi connectivity index (χ1) is 11.0. The zero-order valence-electron chi connectivity index (χ0n) is 11.8. The number of benzene rings is 2. The summed E-state index contributed by atoms with van der Waals surface area (Å²) in [5.74, 6) is -1.75. The van der Waals surface area contributed by atoms with E-state index in [-0.39, 0.29) is 22.7 Å². The molecule has 0 heterocycles. The molecule has 0 saturated carbocycles. The third-order valence-electron chi connectivity index (χ3n) is 2.87. The number of sulfonamides is 1. The Balaban J connectivity index is 2.56. The summed E-state index contributed by atoms with van der Waals surface area (Å²) in [6, 6.07) is 3.22. The van der Waals surface area contributed by atoms with Crippen molar-refractivity contribution in [3.8, 4) is 11.5 Å². The van der Waals surface area contributed by atoms with E-state index < -0.39 is 47.2 Å². The number of aromatic hydroxyl groups is 2. The molecule has 0 amide bonds. The van der Waals surface area contributed by atoms with Crippen LogP contribution in [0.1, 0.15) is 0 Å². The Morgan fingerprint density at radius 3 is 2.04 bits per heavy atom. The number of phenolic OH excluding ortho intramolecular Hbond substituents is 2. The van der Waals surface area contributed by atoms with Crippen molar-refractivity contribution in [1.82, 2.24) is 0 Å². The number of hydrogen-bond acceptors (Lipinski definition) is 4. The summed E-state index contributed by atoms with van der Waals surface area (Å²) in [4.78, 5) is -3.12. The van der Waals surface area contributed by atoms with E-state index in [1.165, 1.54) is 6.07 Å². The quantitative estimate of drug-likeness (QED) is 0.417. The molecular formula is C12H9BrF5NO4S2. The van der Waals surface area contributed by atoms with Gasteiger partial charge in [-0.05, 0) is 36.4 Å². The zero-order valence-corrected chi connectivity index (χ0v) is 15.0. The molecule has 0 bridgehead atoms. The number of phenols is 2. The van der Waals surface area contributed by atoms with Crippen LogP contribution in [-0.2, 0) is 10.0 Å². The van der Waals surface area contributed by atoms with Crippen molar-refractivity contribution < 1.29 is 38.1 Å². The highest BCUT2D eigenvalue weighted by molar-refractivity contribution is 9.10. The largest absolute Gasteiger partial charge is 0.507 e. The average molecular weight is 470 g/mol.